The third-order valence-corrected chi connectivity index (χ3v) is 2.77. The highest BCUT2D eigenvalue weighted by atomic mass is 79.9. The molecular formula is C9H9BrN2O2. The molecule has 0 saturated heterocycles. The highest BCUT2D eigenvalue weighted by molar-refractivity contribution is 9.09. The van der Waals surface area contributed by atoms with E-state index in [4.69, 9.17) is 4.42 Å². The van der Waals surface area contributed by atoms with E-state index in [1.807, 2.05) is 24.1 Å². The van der Waals surface area contributed by atoms with Gasteiger partial charge < -0.3 is 9.32 Å². The van der Waals surface area contributed by atoms with Crippen molar-refractivity contribution in [2.75, 3.05) is 17.4 Å². The Morgan fingerprint density at radius 1 is 1.57 bits per heavy atom. The predicted molar refractivity (Wildman–Crippen MR) is 59.0 cm³/mol. The van der Waals surface area contributed by atoms with Gasteiger partial charge in [0.25, 0.3) is 0 Å². The van der Waals surface area contributed by atoms with Crippen LogP contribution >= 0.6 is 15.9 Å². The number of alkyl halides is 1. The van der Waals surface area contributed by atoms with Crippen molar-refractivity contribution < 1.29 is 4.42 Å². The van der Waals surface area contributed by atoms with Crippen LogP contribution in [0.1, 0.15) is 0 Å². The van der Waals surface area contributed by atoms with Crippen LogP contribution in [0.15, 0.2) is 27.4 Å². The van der Waals surface area contributed by atoms with Crippen molar-refractivity contribution in [2.45, 2.75) is 0 Å². The first-order valence-electron chi connectivity index (χ1n) is 4.10. The lowest BCUT2D eigenvalue weighted by Gasteiger charge is -2.14. The van der Waals surface area contributed by atoms with Crippen molar-refractivity contribution in [3.63, 3.8) is 0 Å². The van der Waals surface area contributed by atoms with Gasteiger partial charge in [-0.25, -0.2) is 4.79 Å². The number of nitrogens with one attached hydrogen (secondary N) is 1. The van der Waals surface area contributed by atoms with Crippen LogP contribution in [-0.2, 0) is 0 Å². The third kappa shape index (κ3) is 1.55. The number of halogens is 1. The monoisotopic (exact) mass is 256 g/mol. The van der Waals surface area contributed by atoms with Gasteiger partial charge in [-0.2, -0.15) is 0 Å². The van der Waals surface area contributed by atoms with Gasteiger partial charge in [0, 0.05) is 12.7 Å². The average Bonchev–Trinajstić information content (AvgIpc) is 2.55. The Morgan fingerprint density at radius 3 is 3.07 bits per heavy atom. The smallest absolute Gasteiger partial charge is 0.408 e. The minimum atomic E-state index is -0.418. The average molecular weight is 257 g/mol. The maximum Gasteiger partial charge on any atom is 0.417 e. The van der Waals surface area contributed by atoms with Crippen molar-refractivity contribution >= 4 is 32.7 Å². The molecular weight excluding hydrogens is 248 g/mol. The lowest BCUT2D eigenvalue weighted by atomic mass is 10.3. The maximum atomic E-state index is 10.9. The number of hydrogen-bond acceptors (Lipinski definition) is 3. The van der Waals surface area contributed by atoms with Crippen LogP contribution in [0.25, 0.3) is 11.1 Å². The third-order valence-electron chi connectivity index (χ3n) is 2.02. The molecule has 0 saturated carbocycles. The van der Waals surface area contributed by atoms with Crippen LogP contribution in [-0.4, -0.2) is 17.5 Å². The molecule has 0 unspecified atom stereocenters. The standard InChI is InChI=1S/C9H9BrN2O2/c1-12(5-10)6-2-3-8-7(4-6)11-9(13)14-8/h2-4H,5H2,1H3,(H,11,13). The molecule has 1 aromatic heterocycles. The fourth-order valence-corrected chi connectivity index (χ4v) is 1.54. The van der Waals surface area contributed by atoms with Gasteiger partial charge in [0.15, 0.2) is 5.58 Å². The molecule has 0 aliphatic carbocycles. The summed E-state index contributed by atoms with van der Waals surface area (Å²) in [4.78, 5) is 15.5. The zero-order valence-electron chi connectivity index (χ0n) is 7.58. The number of H-pyrrole nitrogens is 1. The van der Waals surface area contributed by atoms with Crippen LogP contribution in [0.4, 0.5) is 5.69 Å². The molecule has 0 radical (unpaired) electrons. The van der Waals surface area contributed by atoms with Gasteiger partial charge in [0.05, 0.1) is 11.0 Å². The Morgan fingerprint density at radius 2 is 2.36 bits per heavy atom. The normalized spacial score (nSPS) is 10.7. The van der Waals surface area contributed by atoms with E-state index in [0.29, 0.717) is 5.58 Å². The fraction of sp³-hybridized carbons (Fsp3) is 0.222. The summed E-state index contributed by atoms with van der Waals surface area (Å²) < 4.78 is 4.89. The van der Waals surface area contributed by atoms with E-state index in [1.165, 1.54) is 0 Å². The minimum Gasteiger partial charge on any atom is -0.408 e. The van der Waals surface area contributed by atoms with E-state index in [1.54, 1.807) is 6.07 Å². The molecule has 0 amide bonds. The number of rotatable bonds is 2. The largest absolute Gasteiger partial charge is 0.417 e. The number of anilines is 1. The van der Waals surface area contributed by atoms with Gasteiger partial charge >= 0.3 is 5.76 Å². The summed E-state index contributed by atoms with van der Waals surface area (Å²) >= 11 is 3.35. The molecule has 0 bridgehead atoms. The second-order valence-electron chi connectivity index (χ2n) is 3.01. The van der Waals surface area contributed by atoms with Gasteiger partial charge in [-0.1, -0.05) is 15.9 Å². The summed E-state index contributed by atoms with van der Waals surface area (Å²) in [6, 6.07) is 5.56. The fourth-order valence-electron chi connectivity index (χ4n) is 1.25. The quantitative estimate of drug-likeness (QED) is 0.660. The zero-order chi connectivity index (χ0) is 10.1. The van der Waals surface area contributed by atoms with Crippen LogP contribution in [0.5, 0.6) is 0 Å². The van der Waals surface area contributed by atoms with Crippen molar-refractivity contribution in [2.24, 2.45) is 0 Å². The highest BCUT2D eigenvalue weighted by Gasteiger charge is 2.03. The first kappa shape index (κ1) is 9.33. The number of aromatic nitrogens is 1. The van der Waals surface area contributed by atoms with Crippen molar-refractivity contribution in [3.8, 4) is 0 Å². The van der Waals surface area contributed by atoms with Crippen LogP contribution in [0.3, 0.4) is 0 Å². The van der Waals surface area contributed by atoms with Gasteiger partial charge in [0.1, 0.15) is 0 Å². The van der Waals surface area contributed by atoms with Gasteiger partial charge in [0.2, 0.25) is 0 Å². The van der Waals surface area contributed by atoms with Crippen molar-refractivity contribution in [1.29, 1.82) is 0 Å². The number of oxazole rings is 1. The molecule has 2 rings (SSSR count). The number of benzene rings is 1. The summed E-state index contributed by atoms with van der Waals surface area (Å²) in [5.74, 6) is -0.418. The van der Waals surface area contributed by atoms with Gasteiger partial charge in [-0.3, -0.25) is 4.98 Å². The lowest BCUT2D eigenvalue weighted by molar-refractivity contribution is 0.555. The lowest BCUT2D eigenvalue weighted by Crippen LogP contribution is -2.13. The van der Waals surface area contributed by atoms with E-state index < -0.39 is 5.76 Å². The summed E-state index contributed by atoms with van der Waals surface area (Å²) in [6.45, 7) is 0. The minimum absolute atomic E-state index is 0.418. The molecule has 0 aliphatic rings. The van der Waals surface area contributed by atoms with Crippen molar-refractivity contribution in [3.05, 3.63) is 28.7 Å². The van der Waals surface area contributed by atoms with Crippen LogP contribution in [0.2, 0.25) is 0 Å². The molecule has 1 heterocycles. The molecule has 0 atom stereocenters. The Bertz CT molecular complexity index is 503. The summed E-state index contributed by atoms with van der Waals surface area (Å²) in [7, 11) is 1.95. The number of aromatic amines is 1. The van der Waals surface area contributed by atoms with Gasteiger partial charge in [-0.05, 0) is 18.2 Å². The van der Waals surface area contributed by atoms with Crippen LogP contribution < -0.4 is 10.7 Å². The van der Waals surface area contributed by atoms with E-state index in [0.717, 1.165) is 16.7 Å². The van der Waals surface area contributed by atoms with Gasteiger partial charge in [-0.15, -0.1) is 0 Å². The van der Waals surface area contributed by atoms with E-state index in [9.17, 15) is 4.79 Å². The Labute approximate surface area is 88.6 Å². The Kier molecular flexibility index (Phi) is 2.33. The highest BCUT2D eigenvalue weighted by Crippen LogP contribution is 2.19. The summed E-state index contributed by atoms with van der Waals surface area (Å²) in [5.41, 5.74) is 3.06. The topological polar surface area (TPSA) is 49.2 Å². The molecule has 0 spiro atoms. The molecule has 0 fully saturated rings. The molecule has 1 N–H and O–H groups in total. The number of fused-ring (bicyclic) bond motifs is 1. The molecule has 14 heavy (non-hydrogen) atoms. The zero-order valence-corrected chi connectivity index (χ0v) is 9.17. The first-order chi connectivity index (χ1) is 6.70. The molecule has 74 valence electrons. The maximum absolute atomic E-state index is 10.9. The predicted octanol–water partition coefficient (Wildman–Crippen LogP) is 1.91. The second kappa shape index (κ2) is 3.49. The van der Waals surface area contributed by atoms with Crippen molar-refractivity contribution in [1.82, 2.24) is 4.98 Å². The Hall–Kier alpha value is -1.23. The summed E-state index contributed by atoms with van der Waals surface area (Å²) in [5, 5.41) is 0. The van der Waals surface area contributed by atoms with E-state index in [2.05, 4.69) is 20.9 Å². The van der Waals surface area contributed by atoms with Crippen LogP contribution in [0, 0.1) is 0 Å². The van der Waals surface area contributed by atoms with E-state index in [-0.39, 0.29) is 0 Å². The molecule has 2 aromatic rings. The second-order valence-corrected chi connectivity index (χ2v) is 3.51. The van der Waals surface area contributed by atoms with E-state index >= 15 is 0 Å². The molecule has 1 aromatic carbocycles. The summed E-state index contributed by atoms with van der Waals surface area (Å²) in [6.07, 6.45) is 0. The SMILES string of the molecule is CN(CBr)c1ccc2oc(=O)[nH]c2c1. The first-order valence-corrected chi connectivity index (χ1v) is 5.23. The number of hydrogen-bond donors (Lipinski definition) is 1. The number of nitrogens with zero attached hydrogens (tertiary/aromatic N) is 1. The Balaban J connectivity index is 2.55. The molecule has 0 aliphatic heterocycles. The molecule has 5 heteroatoms. The molecule has 4 nitrogen and oxygen atoms in total.